The largest absolute Gasteiger partial charge is 0.550 e. The van der Waals surface area contributed by atoms with Gasteiger partial charge in [0, 0.05) is 18.1 Å². The van der Waals surface area contributed by atoms with Gasteiger partial charge in [-0.15, -0.1) is 0 Å². The fraction of sp³-hybridized carbons (Fsp3) is 0.476. The molecule has 0 unspecified atom stereocenters. The molecule has 5 nitrogen and oxygen atoms in total. The number of unbranched alkanes of at least 4 members (excludes halogenated alkanes) is 7. The minimum absolute atomic E-state index is 0.0915. The Kier molecular flexibility index (Phi) is 9.50. The first-order valence-electron chi connectivity index (χ1n) is 9.72. The first-order chi connectivity index (χ1) is 13.5. The van der Waals surface area contributed by atoms with E-state index in [9.17, 15) is 19.8 Å². The summed E-state index contributed by atoms with van der Waals surface area (Å²) >= 11 is 6.62. The van der Waals surface area contributed by atoms with E-state index >= 15 is 0 Å². The first kappa shape index (κ1) is 22.4. The molecule has 2 rings (SSSR count). The van der Waals surface area contributed by atoms with Crippen LogP contribution in [-0.4, -0.2) is 32.7 Å². The van der Waals surface area contributed by atoms with Crippen molar-refractivity contribution in [3.8, 4) is 5.75 Å². The number of thioether (sulfide) groups is 1. The standard InChI is InChI=1S/C21H27NO4S2/c23-17-12-9-8-11-16(17)15-18-20(26)22(21(27)28-18)14-10-6-4-2-1-3-5-7-13-19(24)25/h8-9,11-12,15,23H,1-7,10,13-14H2,(H,24,25)/p-1/b18-15-. The quantitative estimate of drug-likeness (QED) is 0.314. The number of hydrogen-bond donors (Lipinski definition) is 1. The van der Waals surface area contributed by atoms with Gasteiger partial charge in [0.15, 0.2) is 0 Å². The number of phenolic OH excluding ortho intramolecular Hbond substituents is 1. The van der Waals surface area contributed by atoms with Crippen molar-refractivity contribution in [1.82, 2.24) is 4.90 Å². The van der Waals surface area contributed by atoms with Crippen molar-refractivity contribution in [2.75, 3.05) is 6.54 Å². The highest BCUT2D eigenvalue weighted by molar-refractivity contribution is 8.26. The Balaban J connectivity index is 1.65. The number of carbonyl (C=O) groups is 2. The van der Waals surface area contributed by atoms with Crippen molar-refractivity contribution in [2.24, 2.45) is 0 Å². The summed E-state index contributed by atoms with van der Waals surface area (Å²) in [5.74, 6) is -0.912. The van der Waals surface area contributed by atoms with Gasteiger partial charge in [-0.2, -0.15) is 0 Å². The molecule has 1 amide bonds. The van der Waals surface area contributed by atoms with Gasteiger partial charge in [-0.1, -0.05) is 80.7 Å². The first-order valence-corrected chi connectivity index (χ1v) is 10.9. The third-order valence-electron chi connectivity index (χ3n) is 4.61. The summed E-state index contributed by atoms with van der Waals surface area (Å²) in [6, 6.07) is 6.91. The summed E-state index contributed by atoms with van der Waals surface area (Å²) in [5, 5.41) is 20.2. The van der Waals surface area contributed by atoms with Crippen molar-refractivity contribution < 1.29 is 19.8 Å². The average Bonchev–Trinajstić information content (AvgIpc) is 2.92. The minimum Gasteiger partial charge on any atom is -0.550 e. The van der Waals surface area contributed by atoms with Crippen molar-refractivity contribution >= 4 is 46.3 Å². The number of carboxylic acid groups (broad SMARTS) is 1. The van der Waals surface area contributed by atoms with E-state index in [-0.39, 0.29) is 18.1 Å². The van der Waals surface area contributed by atoms with E-state index in [1.165, 1.54) is 11.8 Å². The zero-order valence-corrected chi connectivity index (χ0v) is 17.5. The second kappa shape index (κ2) is 11.9. The lowest BCUT2D eigenvalue weighted by atomic mass is 10.1. The molecule has 0 spiro atoms. The third kappa shape index (κ3) is 7.28. The number of phenols is 1. The molecule has 0 saturated carbocycles. The van der Waals surface area contributed by atoms with E-state index < -0.39 is 5.97 Å². The Bertz CT molecular complexity index is 733. The zero-order chi connectivity index (χ0) is 20.4. The molecule has 1 N–H and O–H groups in total. The molecule has 0 radical (unpaired) electrons. The second-order valence-corrected chi connectivity index (χ2v) is 8.52. The number of aromatic hydroxyl groups is 1. The molecule has 1 aliphatic heterocycles. The maximum Gasteiger partial charge on any atom is 0.266 e. The molecular formula is C21H26NO4S2-. The molecule has 0 atom stereocenters. The number of benzene rings is 1. The molecule has 28 heavy (non-hydrogen) atoms. The van der Waals surface area contributed by atoms with Crippen LogP contribution in [0.25, 0.3) is 6.08 Å². The highest BCUT2D eigenvalue weighted by atomic mass is 32.2. The van der Waals surface area contributed by atoms with Gasteiger partial charge in [0.05, 0.1) is 4.91 Å². The van der Waals surface area contributed by atoms with Crippen LogP contribution in [0.3, 0.4) is 0 Å². The molecule has 7 heteroatoms. The number of rotatable bonds is 12. The Morgan fingerprint density at radius 1 is 1.07 bits per heavy atom. The molecule has 1 heterocycles. The third-order valence-corrected chi connectivity index (χ3v) is 5.99. The fourth-order valence-corrected chi connectivity index (χ4v) is 4.34. The van der Waals surface area contributed by atoms with Gasteiger partial charge >= 0.3 is 0 Å². The molecule has 0 aromatic heterocycles. The van der Waals surface area contributed by atoms with Crippen molar-refractivity contribution in [3.63, 3.8) is 0 Å². The summed E-state index contributed by atoms with van der Waals surface area (Å²) in [7, 11) is 0. The molecule has 0 aliphatic carbocycles. The lowest BCUT2D eigenvalue weighted by molar-refractivity contribution is -0.305. The molecule has 1 saturated heterocycles. The number of hydrogen-bond acceptors (Lipinski definition) is 6. The topological polar surface area (TPSA) is 80.7 Å². The van der Waals surface area contributed by atoms with Gasteiger partial charge in [-0.25, -0.2) is 0 Å². The normalized spacial score (nSPS) is 15.6. The minimum atomic E-state index is -0.967. The highest BCUT2D eigenvalue weighted by Gasteiger charge is 2.31. The van der Waals surface area contributed by atoms with Gasteiger partial charge < -0.3 is 15.0 Å². The van der Waals surface area contributed by atoms with Gasteiger partial charge in [0.2, 0.25) is 0 Å². The number of amides is 1. The summed E-state index contributed by atoms with van der Waals surface area (Å²) < 4.78 is 0.569. The molecule has 1 fully saturated rings. The maximum atomic E-state index is 12.6. The number of nitrogens with zero attached hydrogens (tertiary/aromatic N) is 1. The molecule has 152 valence electrons. The van der Waals surface area contributed by atoms with Gasteiger partial charge in [0.1, 0.15) is 10.1 Å². The highest BCUT2D eigenvalue weighted by Crippen LogP contribution is 2.34. The number of thiocarbonyl (C=S) groups is 1. The van der Waals surface area contributed by atoms with Crippen LogP contribution in [0.5, 0.6) is 5.75 Å². The Morgan fingerprint density at radius 3 is 2.32 bits per heavy atom. The van der Waals surface area contributed by atoms with Crippen LogP contribution in [0.2, 0.25) is 0 Å². The maximum absolute atomic E-state index is 12.6. The second-order valence-electron chi connectivity index (χ2n) is 6.84. The van der Waals surface area contributed by atoms with Crippen molar-refractivity contribution in [3.05, 3.63) is 34.7 Å². The molecular weight excluding hydrogens is 394 g/mol. The zero-order valence-electron chi connectivity index (χ0n) is 15.9. The number of aliphatic carboxylic acids is 1. The smallest absolute Gasteiger partial charge is 0.266 e. The monoisotopic (exact) mass is 420 g/mol. The van der Waals surface area contributed by atoms with Crippen molar-refractivity contribution in [2.45, 2.75) is 57.8 Å². The van der Waals surface area contributed by atoms with E-state index in [0.717, 1.165) is 44.9 Å². The number of carboxylic acids is 1. The summed E-state index contributed by atoms with van der Waals surface area (Å²) in [6.45, 7) is 0.619. The number of para-hydroxylation sites is 1. The van der Waals surface area contributed by atoms with E-state index in [1.807, 2.05) is 6.07 Å². The lowest BCUT2D eigenvalue weighted by Gasteiger charge is -2.14. The SMILES string of the molecule is O=C([O-])CCCCCCCCCCN1C(=O)/C(=C/c2ccccc2O)SC1=S. The Hall–Kier alpha value is -1.86. The van der Waals surface area contributed by atoms with Gasteiger partial charge in [0.25, 0.3) is 5.91 Å². The van der Waals surface area contributed by atoms with Crippen LogP contribution in [0, 0.1) is 0 Å². The summed E-state index contributed by atoms with van der Waals surface area (Å²) in [6.07, 6.45) is 9.81. The average molecular weight is 421 g/mol. The van der Waals surface area contributed by atoms with Crippen LogP contribution in [0.4, 0.5) is 0 Å². The molecule has 0 bridgehead atoms. The van der Waals surface area contributed by atoms with E-state index in [4.69, 9.17) is 12.2 Å². The predicted molar refractivity (Wildman–Crippen MR) is 115 cm³/mol. The Morgan fingerprint density at radius 2 is 1.68 bits per heavy atom. The summed E-state index contributed by atoms with van der Waals surface area (Å²) in [5.41, 5.74) is 0.614. The molecule has 1 aliphatic rings. The van der Waals surface area contributed by atoms with E-state index in [0.29, 0.717) is 27.8 Å². The predicted octanol–water partition coefficient (Wildman–Crippen LogP) is 3.85. The van der Waals surface area contributed by atoms with Crippen LogP contribution in [0.1, 0.15) is 63.4 Å². The summed E-state index contributed by atoms with van der Waals surface area (Å²) in [4.78, 5) is 25.1. The van der Waals surface area contributed by atoms with E-state index in [1.54, 1.807) is 29.2 Å². The van der Waals surface area contributed by atoms with Crippen LogP contribution in [-0.2, 0) is 9.59 Å². The van der Waals surface area contributed by atoms with Crippen LogP contribution < -0.4 is 5.11 Å². The van der Waals surface area contributed by atoms with Crippen LogP contribution in [0.15, 0.2) is 29.2 Å². The molecule has 1 aromatic rings. The van der Waals surface area contributed by atoms with Crippen LogP contribution >= 0.6 is 24.0 Å². The fourth-order valence-electron chi connectivity index (χ4n) is 3.04. The van der Waals surface area contributed by atoms with Crippen molar-refractivity contribution in [1.29, 1.82) is 0 Å². The number of carbonyl (C=O) groups excluding carboxylic acids is 2. The lowest BCUT2D eigenvalue weighted by Crippen LogP contribution is -2.29. The van der Waals surface area contributed by atoms with Gasteiger partial charge in [-0.05, 0) is 31.4 Å². The van der Waals surface area contributed by atoms with Gasteiger partial charge in [-0.3, -0.25) is 9.69 Å². The van der Waals surface area contributed by atoms with E-state index in [2.05, 4.69) is 0 Å². The molecule has 1 aromatic carbocycles. The Labute approximate surface area is 175 Å².